The van der Waals surface area contributed by atoms with Crippen LogP contribution in [0.25, 0.3) is 0 Å². The van der Waals surface area contributed by atoms with Crippen molar-refractivity contribution in [2.75, 3.05) is 13.1 Å². The molecule has 1 aromatic carbocycles. The Labute approximate surface area is 208 Å². The molecule has 1 saturated carbocycles. The van der Waals surface area contributed by atoms with Gasteiger partial charge >= 0.3 is 0 Å². The van der Waals surface area contributed by atoms with Crippen LogP contribution in [0.2, 0.25) is 0 Å². The molecule has 3 rings (SSSR count). The second-order valence-electron chi connectivity index (χ2n) is 9.74. The summed E-state index contributed by atoms with van der Waals surface area (Å²) in [6, 6.07) is 14.8. The van der Waals surface area contributed by atoms with Crippen LogP contribution in [0.15, 0.2) is 48.7 Å². The fourth-order valence-corrected chi connectivity index (χ4v) is 4.45. The minimum atomic E-state index is -0.874. The van der Waals surface area contributed by atoms with E-state index in [9.17, 15) is 4.79 Å². The number of hydrogen-bond donors (Lipinski definition) is 4. The maximum Gasteiger partial charge on any atom is 0.236 e. The van der Waals surface area contributed by atoms with Gasteiger partial charge in [0.05, 0.1) is 21.1 Å². The average Bonchev–Trinajstić information content (AvgIpc) is 2.85. The largest absolute Gasteiger partial charge is 0.351 e. The van der Waals surface area contributed by atoms with Gasteiger partial charge in [0.1, 0.15) is 0 Å². The number of rotatable bonds is 13. The topological polar surface area (TPSA) is 78.1 Å². The third kappa shape index (κ3) is 9.29. The van der Waals surface area contributed by atoms with E-state index >= 15 is 0 Å². The lowest BCUT2D eigenvalue weighted by Gasteiger charge is -2.27. The Morgan fingerprint density at radius 1 is 1.03 bits per heavy atom. The maximum atomic E-state index is 12.7. The summed E-state index contributed by atoms with van der Waals surface area (Å²) in [5, 5.41) is 12.6. The molecular weight excluding hydrogens is 438 g/mol. The molecule has 2 aromatic rings. The van der Waals surface area contributed by atoms with Crippen LogP contribution in [0, 0.1) is 5.92 Å². The van der Waals surface area contributed by atoms with E-state index in [0.717, 1.165) is 49.3 Å². The van der Waals surface area contributed by atoms with Crippen LogP contribution >= 0.6 is 0 Å². The molecule has 6 nitrogen and oxygen atoms in total. The molecule has 1 atom stereocenters. The van der Waals surface area contributed by atoms with Crippen molar-refractivity contribution in [2.45, 2.75) is 76.8 Å². The molecule has 34 heavy (non-hydrogen) atoms. The predicted molar refractivity (Wildman–Crippen MR) is 139 cm³/mol. The summed E-state index contributed by atoms with van der Waals surface area (Å²) >= 11 is 0. The normalized spacial score (nSPS) is 20.0. The number of benzene rings is 1. The molecule has 1 aliphatic carbocycles. The number of aromatic nitrogens is 1. The average molecular weight is 479 g/mol. The lowest BCUT2D eigenvalue weighted by molar-refractivity contribution is -0.124. The molecule has 0 saturated heterocycles. The fraction of sp³-hybridized carbons (Fsp3) is 0.556. The van der Waals surface area contributed by atoms with Crippen molar-refractivity contribution in [2.24, 2.45) is 5.92 Å². The number of pyridine rings is 1. The first-order chi connectivity index (χ1) is 16.4. The molecule has 1 aromatic heterocycles. The maximum absolute atomic E-state index is 12.7. The van der Waals surface area contributed by atoms with Gasteiger partial charge in [-0.25, -0.2) is 0 Å². The van der Waals surface area contributed by atoms with E-state index in [1.807, 2.05) is 31.2 Å². The van der Waals surface area contributed by atoms with Crippen LogP contribution < -0.4 is 21.3 Å². The highest BCUT2D eigenvalue weighted by Crippen LogP contribution is 2.23. The van der Waals surface area contributed by atoms with Crippen LogP contribution in [-0.2, 0) is 24.4 Å². The van der Waals surface area contributed by atoms with Crippen LogP contribution in [0.5, 0.6) is 0 Å². The second kappa shape index (κ2) is 13.7. The van der Waals surface area contributed by atoms with Gasteiger partial charge in [-0.1, -0.05) is 37.3 Å². The molecule has 0 spiro atoms. The summed E-state index contributed by atoms with van der Waals surface area (Å²) in [5.74, 6) is 0.796. The molecule has 0 bridgehead atoms. The summed E-state index contributed by atoms with van der Waals surface area (Å²) in [6.07, 6.45) is 8.26. The van der Waals surface area contributed by atoms with Crippen molar-refractivity contribution in [3.05, 3.63) is 65.5 Å². The molecule has 0 aliphatic heterocycles. The SMILES string of the molecule is CC1CCC(NCCCNCc2cccc(CNC(=O)[C@](C)([Si])NCc3ccccn3)c2)CC1. The fourth-order valence-electron chi connectivity index (χ4n) is 4.28. The second-order valence-corrected chi connectivity index (χ2v) is 10.7. The highest BCUT2D eigenvalue weighted by atomic mass is 28.1. The number of carbonyl (C=O) groups is 1. The Balaban J connectivity index is 1.32. The molecule has 1 fully saturated rings. The van der Waals surface area contributed by atoms with Crippen LogP contribution in [0.4, 0.5) is 0 Å². The Hall–Kier alpha value is -2.06. The van der Waals surface area contributed by atoms with E-state index in [2.05, 4.69) is 61.6 Å². The van der Waals surface area contributed by atoms with E-state index in [0.29, 0.717) is 13.1 Å². The summed E-state index contributed by atoms with van der Waals surface area (Å²) < 4.78 is 0. The first-order valence-corrected chi connectivity index (χ1v) is 13.1. The molecule has 1 amide bonds. The zero-order valence-corrected chi connectivity index (χ0v) is 21.7. The molecule has 3 radical (unpaired) electrons. The Kier molecular flexibility index (Phi) is 10.7. The monoisotopic (exact) mass is 478 g/mol. The van der Waals surface area contributed by atoms with E-state index < -0.39 is 5.16 Å². The molecule has 0 unspecified atom stereocenters. The molecule has 183 valence electrons. The smallest absolute Gasteiger partial charge is 0.236 e. The van der Waals surface area contributed by atoms with Crippen LogP contribution in [0.1, 0.15) is 62.8 Å². The van der Waals surface area contributed by atoms with Gasteiger partial charge in [0.2, 0.25) is 5.91 Å². The predicted octanol–water partition coefficient (Wildman–Crippen LogP) is 3.02. The van der Waals surface area contributed by atoms with Crippen LogP contribution in [0.3, 0.4) is 0 Å². The van der Waals surface area contributed by atoms with E-state index in [-0.39, 0.29) is 5.91 Å². The number of amides is 1. The van der Waals surface area contributed by atoms with Crippen molar-refractivity contribution in [3.8, 4) is 0 Å². The Morgan fingerprint density at radius 3 is 2.53 bits per heavy atom. The summed E-state index contributed by atoms with van der Waals surface area (Å²) in [4.78, 5) is 17.0. The summed E-state index contributed by atoms with van der Waals surface area (Å²) in [5.41, 5.74) is 3.21. The molecule has 4 N–H and O–H groups in total. The minimum Gasteiger partial charge on any atom is -0.351 e. The zero-order chi connectivity index (χ0) is 24.2. The van der Waals surface area contributed by atoms with E-state index in [4.69, 9.17) is 0 Å². The molecular formula is C27H40N5OSi. The van der Waals surface area contributed by atoms with E-state index in [1.54, 1.807) is 6.20 Å². The Bertz CT molecular complexity index is 868. The van der Waals surface area contributed by atoms with Crippen molar-refractivity contribution in [1.82, 2.24) is 26.3 Å². The molecule has 1 heterocycles. The van der Waals surface area contributed by atoms with Gasteiger partial charge in [0, 0.05) is 31.9 Å². The van der Waals surface area contributed by atoms with Gasteiger partial charge in [-0.05, 0) is 81.3 Å². The number of nitrogens with one attached hydrogen (secondary N) is 4. The standard InChI is InChI=1S/C27H40N5OSi/c1-21-10-12-24(13-11-21)29-16-6-14-28-18-22-7-5-8-23(17-22)19-31-26(33)27(2,34)32-20-25-9-3-4-15-30-25/h3-5,7-9,15,17,21,24,28-29,32H,6,10-14,16,18-20H2,1-2H3,(H,31,33)/t21?,24?,27-/m0/s1. The highest BCUT2D eigenvalue weighted by molar-refractivity contribution is 6.27. The highest BCUT2D eigenvalue weighted by Gasteiger charge is 2.26. The zero-order valence-electron chi connectivity index (χ0n) is 20.7. The van der Waals surface area contributed by atoms with Gasteiger partial charge in [-0.2, -0.15) is 0 Å². The van der Waals surface area contributed by atoms with Gasteiger partial charge in [-0.3, -0.25) is 9.78 Å². The number of nitrogens with zero attached hydrogens (tertiary/aromatic N) is 1. The van der Waals surface area contributed by atoms with Crippen molar-refractivity contribution in [1.29, 1.82) is 0 Å². The van der Waals surface area contributed by atoms with Crippen molar-refractivity contribution >= 4 is 16.1 Å². The van der Waals surface area contributed by atoms with Gasteiger partial charge in [0.15, 0.2) is 0 Å². The first kappa shape index (κ1) is 26.5. The van der Waals surface area contributed by atoms with Gasteiger partial charge in [0.25, 0.3) is 0 Å². The molecule has 7 heteroatoms. The minimum absolute atomic E-state index is 0.108. The number of hydrogen-bond acceptors (Lipinski definition) is 5. The quantitative estimate of drug-likeness (QED) is 0.263. The molecule has 1 aliphatic rings. The Morgan fingerprint density at radius 2 is 1.79 bits per heavy atom. The third-order valence-electron chi connectivity index (χ3n) is 6.56. The van der Waals surface area contributed by atoms with Crippen LogP contribution in [-0.4, -0.2) is 45.4 Å². The van der Waals surface area contributed by atoms with Gasteiger partial charge in [-0.15, -0.1) is 0 Å². The van der Waals surface area contributed by atoms with Gasteiger partial charge < -0.3 is 21.3 Å². The third-order valence-corrected chi connectivity index (χ3v) is 6.96. The lowest BCUT2D eigenvalue weighted by Crippen LogP contribution is -2.55. The van der Waals surface area contributed by atoms with E-state index in [1.165, 1.54) is 31.2 Å². The van der Waals surface area contributed by atoms with Crippen molar-refractivity contribution < 1.29 is 4.79 Å². The lowest BCUT2D eigenvalue weighted by atomic mass is 9.87. The van der Waals surface area contributed by atoms with Crippen molar-refractivity contribution in [3.63, 3.8) is 0 Å². The number of carbonyl (C=O) groups excluding carboxylic acids is 1. The summed E-state index contributed by atoms with van der Waals surface area (Å²) in [6.45, 7) is 8.09. The first-order valence-electron chi connectivity index (χ1n) is 12.6. The summed E-state index contributed by atoms with van der Waals surface area (Å²) in [7, 11) is 3.57.